The number of aliphatic imine (C=N–C) groups is 1. The van der Waals surface area contributed by atoms with Gasteiger partial charge >= 0.3 is 0 Å². The number of rotatable bonds is 0. The standard InChI is InChI=1S/C13H16I2N.C12H13I2N.CH4/c1-7-9(14)6-10-11(12(7)15)13(3,4)8(2)16(10)5;1-6-8(13)5-9-10(11(6)14)12(3,4)7(2)15-9;/h6H,1-5H3;5H,1-4H3;1H4/q+1;;. The van der Waals surface area contributed by atoms with Gasteiger partial charge in [-0.15, -0.1) is 0 Å². The van der Waals surface area contributed by atoms with Crippen molar-refractivity contribution in [2.75, 3.05) is 7.05 Å². The van der Waals surface area contributed by atoms with Crippen LogP contribution < -0.4 is 0 Å². The van der Waals surface area contributed by atoms with E-state index in [0.717, 1.165) is 5.69 Å². The summed E-state index contributed by atoms with van der Waals surface area (Å²) < 4.78 is 7.80. The largest absolute Gasteiger partial charge is 0.257 e. The Morgan fingerprint density at radius 2 is 1.22 bits per heavy atom. The van der Waals surface area contributed by atoms with Crippen LogP contribution in [-0.2, 0) is 10.8 Å². The number of hydrogen-bond donors (Lipinski definition) is 0. The highest BCUT2D eigenvalue weighted by Crippen LogP contribution is 2.45. The maximum atomic E-state index is 4.67. The number of nitrogens with zero attached hydrogens (tertiary/aromatic N) is 2. The average molecular weight is 881 g/mol. The van der Waals surface area contributed by atoms with E-state index in [4.69, 9.17) is 0 Å². The number of benzene rings is 2. The van der Waals surface area contributed by atoms with Crippen molar-refractivity contribution in [2.24, 2.45) is 4.99 Å². The summed E-state index contributed by atoms with van der Waals surface area (Å²) in [5, 5.41) is 0. The maximum absolute atomic E-state index is 4.67. The van der Waals surface area contributed by atoms with Crippen LogP contribution in [0.25, 0.3) is 0 Å². The Bertz CT molecular complexity index is 1170. The van der Waals surface area contributed by atoms with E-state index in [1.54, 1.807) is 0 Å². The first-order valence-corrected chi connectivity index (χ1v) is 14.6. The van der Waals surface area contributed by atoms with Crippen LogP contribution in [0.5, 0.6) is 0 Å². The Morgan fingerprint density at radius 3 is 1.75 bits per heavy atom. The van der Waals surface area contributed by atoms with E-state index >= 15 is 0 Å². The summed E-state index contributed by atoms with van der Waals surface area (Å²) in [7, 11) is 2.17. The number of hydrogen-bond acceptors (Lipinski definition) is 1. The molecule has 0 bridgehead atoms. The van der Waals surface area contributed by atoms with Gasteiger partial charge in [0.1, 0.15) is 7.05 Å². The second kappa shape index (κ2) is 9.99. The smallest absolute Gasteiger partial charge is 0.211 e. The molecule has 0 fully saturated rings. The van der Waals surface area contributed by atoms with Gasteiger partial charge in [0.15, 0.2) is 5.71 Å². The van der Waals surface area contributed by atoms with E-state index in [2.05, 4.69) is 175 Å². The van der Waals surface area contributed by atoms with Gasteiger partial charge in [0.25, 0.3) is 0 Å². The summed E-state index contributed by atoms with van der Waals surface area (Å²) >= 11 is 9.77. The fourth-order valence-corrected chi connectivity index (χ4v) is 8.88. The fraction of sp³-hybridized carbons (Fsp3) is 0.462. The minimum Gasteiger partial charge on any atom is -0.257 e. The molecule has 0 amide bonds. The highest BCUT2D eigenvalue weighted by molar-refractivity contribution is 14.1. The lowest BCUT2D eigenvalue weighted by atomic mass is 9.82. The van der Waals surface area contributed by atoms with Crippen LogP contribution in [0.4, 0.5) is 11.4 Å². The molecule has 2 aliphatic rings. The van der Waals surface area contributed by atoms with Gasteiger partial charge in [-0.2, -0.15) is 0 Å². The molecule has 0 atom stereocenters. The van der Waals surface area contributed by atoms with Crippen LogP contribution in [0.15, 0.2) is 17.1 Å². The molecule has 2 heterocycles. The van der Waals surface area contributed by atoms with Gasteiger partial charge in [-0.05, 0) is 142 Å². The third kappa shape index (κ3) is 4.60. The lowest BCUT2D eigenvalue weighted by Gasteiger charge is -2.22. The second-order valence-corrected chi connectivity index (χ2v) is 14.0. The van der Waals surface area contributed by atoms with Crippen LogP contribution in [-0.4, -0.2) is 23.0 Å². The first-order valence-electron chi connectivity index (χ1n) is 10.3. The summed E-state index contributed by atoms with van der Waals surface area (Å²) in [4.78, 5) is 4.67. The van der Waals surface area contributed by atoms with Crippen molar-refractivity contribution in [1.82, 2.24) is 0 Å². The summed E-state index contributed by atoms with van der Waals surface area (Å²) in [6, 6.07) is 4.51. The Morgan fingerprint density at radius 1 is 0.750 bits per heavy atom. The van der Waals surface area contributed by atoms with Gasteiger partial charge in [0.05, 0.1) is 16.7 Å². The maximum Gasteiger partial charge on any atom is 0.211 e. The minimum absolute atomic E-state index is 0. The monoisotopic (exact) mass is 881 g/mol. The third-order valence-corrected chi connectivity index (χ3v) is 12.0. The molecule has 2 nitrogen and oxygen atoms in total. The van der Waals surface area contributed by atoms with Crippen molar-refractivity contribution in [3.63, 3.8) is 0 Å². The molecule has 2 aliphatic heterocycles. The third-order valence-electron chi connectivity index (χ3n) is 7.06. The fourth-order valence-electron chi connectivity index (χ4n) is 4.23. The van der Waals surface area contributed by atoms with Crippen molar-refractivity contribution in [3.05, 3.63) is 48.7 Å². The molecule has 0 aliphatic carbocycles. The number of fused-ring (bicyclic) bond motifs is 2. The van der Waals surface area contributed by atoms with Gasteiger partial charge in [0.2, 0.25) is 5.69 Å². The van der Waals surface area contributed by atoms with Crippen molar-refractivity contribution >= 4 is 113 Å². The predicted octanol–water partition coefficient (Wildman–Crippen LogP) is 9.45. The van der Waals surface area contributed by atoms with Gasteiger partial charge in [-0.3, -0.25) is 4.99 Å². The molecule has 32 heavy (non-hydrogen) atoms. The summed E-state index contributed by atoms with van der Waals surface area (Å²) in [6.45, 7) is 17.9. The van der Waals surface area contributed by atoms with Crippen molar-refractivity contribution in [3.8, 4) is 0 Å². The quantitative estimate of drug-likeness (QED) is 0.185. The van der Waals surface area contributed by atoms with E-state index in [1.165, 1.54) is 53.6 Å². The predicted molar refractivity (Wildman–Crippen MR) is 175 cm³/mol. The molecule has 0 unspecified atom stereocenters. The van der Waals surface area contributed by atoms with E-state index in [9.17, 15) is 0 Å². The molecule has 0 aromatic heterocycles. The lowest BCUT2D eigenvalue weighted by Crippen LogP contribution is -2.26. The topological polar surface area (TPSA) is 15.4 Å². The second-order valence-electron chi connectivity index (χ2n) is 9.47. The first kappa shape index (κ1) is 28.9. The van der Waals surface area contributed by atoms with Crippen LogP contribution in [0.3, 0.4) is 0 Å². The van der Waals surface area contributed by atoms with Crippen LogP contribution in [0.2, 0.25) is 0 Å². The summed E-state index contributed by atoms with van der Waals surface area (Å²) in [6.07, 6.45) is 0. The molecule has 4 rings (SSSR count). The zero-order chi connectivity index (χ0) is 23.6. The summed E-state index contributed by atoms with van der Waals surface area (Å²) in [5.74, 6) is 0. The highest BCUT2D eigenvalue weighted by Gasteiger charge is 2.43. The van der Waals surface area contributed by atoms with Gasteiger partial charge in [-0.25, -0.2) is 4.58 Å². The van der Waals surface area contributed by atoms with E-state index in [1.807, 2.05) is 0 Å². The molecule has 0 saturated heterocycles. The Kier molecular flexibility index (Phi) is 9.03. The Hall–Kier alpha value is 0.700. The molecule has 6 heteroatoms. The highest BCUT2D eigenvalue weighted by atomic mass is 127. The Balaban J connectivity index is 0.000000220. The molecule has 2 aromatic rings. The van der Waals surface area contributed by atoms with Gasteiger partial charge < -0.3 is 0 Å². The Labute approximate surface area is 249 Å². The summed E-state index contributed by atoms with van der Waals surface area (Å²) in [5.41, 5.74) is 11.1. The van der Waals surface area contributed by atoms with E-state index in [-0.39, 0.29) is 18.3 Å². The van der Waals surface area contributed by atoms with Crippen LogP contribution >= 0.6 is 90.4 Å². The van der Waals surface area contributed by atoms with Crippen molar-refractivity contribution < 1.29 is 4.58 Å². The molecule has 0 radical (unpaired) electrons. The van der Waals surface area contributed by atoms with Crippen LogP contribution in [0, 0.1) is 28.1 Å². The molecular formula is C26H33I4N2+. The number of halogens is 4. The lowest BCUT2D eigenvalue weighted by molar-refractivity contribution is -0.403. The van der Waals surface area contributed by atoms with Gasteiger partial charge in [0, 0.05) is 44.0 Å². The molecule has 0 N–H and O–H groups in total. The SMILES string of the molecule is C.CC1=Nc2cc(I)c(C)c(I)c2C1(C)C.CC1=[N+](C)c2cc(I)c(C)c(I)c2C1(C)C. The average Bonchev–Trinajstić information content (AvgIpc) is 3.00. The first-order chi connectivity index (χ1) is 14.1. The minimum atomic E-state index is 0. The van der Waals surface area contributed by atoms with Crippen molar-refractivity contribution in [1.29, 1.82) is 0 Å². The van der Waals surface area contributed by atoms with E-state index in [0.29, 0.717) is 0 Å². The normalized spacial score (nSPS) is 17.2. The zero-order valence-electron chi connectivity index (χ0n) is 19.6. The molecule has 0 spiro atoms. The zero-order valence-corrected chi connectivity index (χ0v) is 28.2. The van der Waals surface area contributed by atoms with Crippen molar-refractivity contribution in [2.45, 2.75) is 73.6 Å². The van der Waals surface area contributed by atoms with Crippen LogP contribution in [0.1, 0.15) is 71.2 Å². The molecule has 174 valence electrons. The molecule has 0 saturated carbocycles. The van der Waals surface area contributed by atoms with Gasteiger partial charge in [-0.1, -0.05) is 21.3 Å². The molecule has 2 aromatic carbocycles. The van der Waals surface area contributed by atoms with E-state index < -0.39 is 0 Å². The molecular weight excluding hydrogens is 848 g/mol.